The van der Waals surface area contributed by atoms with Crippen LogP contribution in [0, 0.1) is 5.82 Å². The number of hydrogen-bond donors (Lipinski definition) is 1. The van der Waals surface area contributed by atoms with Crippen molar-refractivity contribution in [2.24, 2.45) is 0 Å². The van der Waals surface area contributed by atoms with Crippen molar-refractivity contribution >= 4 is 11.6 Å². The summed E-state index contributed by atoms with van der Waals surface area (Å²) >= 11 is 5.58. The minimum absolute atomic E-state index is 0.0460. The first-order valence-electron chi connectivity index (χ1n) is 3.91. The Kier molecular flexibility index (Phi) is 3.77. The molecule has 14 heavy (non-hydrogen) atoms. The van der Waals surface area contributed by atoms with E-state index in [9.17, 15) is 13.2 Å². The van der Waals surface area contributed by atoms with E-state index in [0.717, 1.165) is 12.1 Å². The Labute approximate surface area is 84.1 Å². The molecule has 1 nitrogen and oxygen atoms in total. The third-order valence-corrected chi connectivity index (χ3v) is 2.09. The maximum atomic E-state index is 12.5. The molecule has 1 rings (SSSR count). The number of aliphatic hydroxyl groups excluding tert-OH is 1. The van der Waals surface area contributed by atoms with Gasteiger partial charge < -0.3 is 5.11 Å². The zero-order valence-corrected chi connectivity index (χ0v) is 7.81. The van der Waals surface area contributed by atoms with Gasteiger partial charge in [0.2, 0.25) is 0 Å². The molecular weight excluding hydrogens is 217 g/mol. The molecule has 1 unspecified atom stereocenters. The molecule has 1 N–H and O–H groups in total. The Morgan fingerprint density at radius 2 is 2.00 bits per heavy atom. The molecule has 1 aromatic rings. The summed E-state index contributed by atoms with van der Waals surface area (Å²) in [5.74, 6) is -0.537. The fourth-order valence-corrected chi connectivity index (χ4v) is 1.25. The molecule has 78 valence electrons. The van der Waals surface area contributed by atoms with Gasteiger partial charge in [0.15, 0.2) is 0 Å². The summed E-state index contributed by atoms with van der Waals surface area (Å²) < 4.78 is 36.5. The Morgan fingerprint density at radius 3 is 2.50 bits per heavy atom. The highest BCUT2D eigenvalue weighted by Crippen LogP contribution is 2.20. The number of alkyl halides is 2. The van der Waals surface area contributed by atoms with E-state index in [1.54, 1.807) is 0 Å². The van der Waals surface area contributed by atoms with E-state index in [0.29, 0.717) is 5.56 Å². The van der Waals surface area contributed by atoms with Crippen LogP contribution in [0.15, 0.2) is 18.2 Å². The van der Waals surface area contributed by atoms with Crippen LogP contribution in [0.4, 0.5) is 13.2 Å². The molecule has 0 bridgehead atoms. The molecule has 0 aliphatic heterocycles. The van der Waals surface area contributed by atoms with Crippen LogP contribution < -0.4 is 0 Å². The lowest BCUT2D eigenvalue weighted by Crippen LogP contribution is -2.20. The van der Waals surface area contributed by atoms with Crippen molar-refractivity contribution < 1.29 is 18.3 Å². The van der Waals surface area contributed by atoms with Crippen LogP contribution in [0.3, 0.4) is 0 Å². The summed E-state index contributed by atoms with van der Waals surface area (Å²) in [6, 6.07) is 3.41. The van der Waals surface area contributed by atoms with Crippen LogP contribution in [-0.2, 0) is 6.42 Å². The number of hydrogen-bond acceptors (Lipinski definition) is 1. The van der Waals surface area contributed by atoms with Crippen LogP contribution in [0.5, 0.6) is 0 Å². The quantitative estimate of drug-likeness (QED) is 0.837. The van der Waals surface area contributed by atoms with Gasteiger partial charge in [-0.15, -0.1) is 0 Å². The van der Waals surface area contributed by atoms with Gasteiger partial charge in [0.05, 0.1) is 0 Å². The van der Waals surface area contributed by atoms with Crippen molar-refractivity contribution in [1.82, 2.24) is 0 Å². The standard InChI is InChI=1S/C9H8ClF3O/c10-7-4-6(11)2-1-5(7)3-8(14)9(12)13/h1-2,4,8-9,14H,3H2. The van der Waals surface area contributed by atoms with E-state index in [1.807, 2.05) is 0 Å². The zero-order valence-electron chi connectivity index (χ0n) is 7.05. The van der Waals surface area contributed by atoms with Gasteiger partial charge in [0, 0.05) is 11.4 Å². The molecule has 0 saturated heterocycles. The van der Waals surface area contributed by atoms with Crippen molar-refractivity contribution in [2.75, 3.05) is 0 Å². The van der Waals surface area contributed by atoms with Crippen molar-refractivity contribution in [3.63, 3.8) is 0 Å². The van der Waals surface area contributed by atoms with E-state index >= 15 is 0 Å². The van der Waals surface area contributed by atoms with Gasteiger partial charge in [-0.2, -0.15) is 0 Å². The van der Waals surface area contributed by atoms with E-state index in [4.69, 9.17) is 16.7 Å². The number of aliphatic hydroxyl groups is 1. The minimum atomic E-state index is -2.82. The molecule has 0 aliphatic rings. The Hall–Kier alpha value is -0.740. The first kappa shape index (κ1) is 11.3. The van der Waals surface area contributed by atoms with E-state index in [1.165, 1.54) is 6.07 Å². The van der Waals surface area contributed by atoms with Crippen LogP contribution in [0.2, 0.25) is 5.02 Å². The molecular formula is C9H8ClF3O. The summed E-state index contributed by atoms with van der Waals surface area (Å²) in [7, 11) is 0. The second kappa shape index (κ2) is 4.66. The molecule has 0 aromatic heterocycles. The molecule has 0 radical (unpaired) electrons. The Bertz CT molecular complexity index is 317. The maximum absolute atomic E-state index is 12.5. The third-order valence-electron chi connectivity index (χ3n) is 1.74. The predicted molar refractivity (Wildman–Crippen MR) is 47.1 cm³/mol. The molecule has 5 heteroatoms. The smallest absolute Gasteiger partial charge is 0.264 e. The van der Waals surface area contributed by atoms with E-state index in [2.05, 4.69) is 0 Å². The second-order valence-corrected chi connectivity index (χ2v) is 3.25. The van der Waals surface area contributed by atoms with Crippen LogP contribution in [-0.4, -0.2) is 17.6 Å². The highest BCUT2D eigenvalue weighted by atomic mass is 35.5. The minimum Gasteiger partial charge on any atom is -0.387 e. The van der Waals surface area contributed by atoms with Gasteiger partial charge in [-0.05, 0) is 17.7 Å². The van der Waals surface area contributed by atoms with Crippen molar-refractivity contribution in [3.05, 3.63) is 34.6 Å². The highest BCUT2D eigenvalue weighted by molar-refractivity contribution is 6.31. The molecule has 1 atom stereocenters. The molecule has 0 amide bonds. The first-order chi connectivity index (χ1) is 6.50. The maximum Gasteiger partial charge on any atom is 0.264 e. The summed E-state index contributed by atoms with van der Waals surface area (Å²) in [6.07, 6.45) is -4.87. The average molecular weight is 225 g/mol. The SMILES string of the molecule is OC(Cc1ccc(F)cc1Cl)C(F)F. The van der Waals surface area contributed by atoms with E-state index < -0.39 is 18.3 Å². The number of rotatable bonds is 3. The number of halogens is 4. The van der Waals surface area contributed by atoms with Gasteiger partial charge in [-0.3, -0.25) is 0 Å². The van der Waals surface area contributed by atoms with Crippen LogP contribution >= 0.6 is 11.6 Å². The largest absolute Gasteiger partial charge is 0.387 e. The summed E-state index contributed by atoms with van der Waals surface area (Å²) in [6.45, 7) is 0. The Balaban J connectivity index is 2.77. The summed E-state index contributed by atoms with van der Waals surface area (Å²) in [4.78, 5) is 0. The predicted octanol–water partition coefficient (Wildman–Crippen LogP) is 2.65. The monoisotopic (exact) mass is 224 g/mol. The fraction of sp³-hybridized carbons (Fsp3) is 0.333. The molecule has 0 saturated carbocycles. The van der Waals surface area contributed by atoms with Crippen LogP contribution in [0.25, 0.3) is 0 Å². The van der Waals surface area contributed by atoms with Crippen molar-refractivity contribution in [1.29, 1.82) is 0 Å². The number of benzene rings is 1. The molecule has 0 aliphatic carbocycles. The molecule has 1 aromatic carbocycles. The van der Waals surface area contributed by atoms with Gasteiger partial charge in [-0.1, -0.05) is 17.7 Å². The lowest BCUT2D eigenvalue weighted by Gasteiger charge is -2.10. The van der Waals surface area contributed by atoms with Crippen molar-refractivity contribution in [2.45, 2.75) is 19.0 Å². The normalized spacial score (nSPS) is 13.3. The van der Waals surface area contributed by atoms with Gasteiger partial charge in [-0.25, -0.2) is 13.2 Å². The fourth-order valence-electron chi connectivity index (χ4n) is 1.00. The molecule has 0 spiro atoms. The zero-order chi connectivity index (χ0) is 10.7. The van der Waals surface area contributed by atoms with Gasteiger partial charge in [0.1, 0.15) is 11.9 Å². The van der Waals surface area contributed by atoms with Crippen molar-refractivity contribution in [3.8, 4) is 0 Å². The topological polar surface area (TPSA) is 20.2 Å². The summed E-state index contributed by atoms with van der Waals surface area (Å²) in [5, 5.41) is 8.92. The Morgan fingerprint density at radius 1 is 1.36 bits per heavy atom. The first-order valence-corrected chi connectivity index (χ1v) is 4.28. The second-order valence-electron chi connectivity index (χ2n) is 2.84. The van der Waals surface area contributed by atoms with Crippen LogP contribution in [0.1, 0.15) is 5.56 Å². The summed E-state index contributed by atoms with van der Waals surface area (Å²) in [5.41, 5.74) is 0.306. The molecule has 0 fully saturated rings. The highest BCUT2D eigenvalue weighted by Gasteiger charge is 2.18. The van der Waals surface area contributed by atoms with Gasteiger partial charge >= 0.3 is 0 Å². The lowest BCUT2D eigenvalue weighted by atomic mass is 10.1. The van der Waals surface area contributed by atoms with Gasteiger partial charge in [0.25, 0.3) is 6.43 Å². The third kappa shape index (κ3) is 2.89. The van der Waals surface area contributed by atoms with E-state index in [-0.39, 0.29) is 11.4 Å². The lowest BCUT2D eigenvalue weighted by molar-refractivity contribution is -0.00365. The molecule has 0 heterocycles. The average Bonchev–Trinajstić information content (AvgIpc) is 2.09.